The summed E-state index contributed by atoms with van der Waals surface area (Å²) in [6.45, 7) is 5.55. The summed E-state index contributed by atoms with van der Waals surface area (Å²) < 4.78 is 0. The molecule has 1 aromatic rings. The summed E-state index contributed by atoms with van der Waals surface area (Å²) in [7, 11) is 0. The molecule has 1 aliphatic rings. The number of hydrogen-bond donors (Lipinski definition) is 1. The van der Waals surface area contributed by atoms with Gasteiger partial charge in [0.2, 0.25) is 0 Å². The molecule has 17 heavy (non-hydrogen) atoms. The van der Waals surface area contributed by atoms with E-state index in [0.29, 0.717) is 17.0 Å². The van der Waals surface area contributed by atoms with E-state index in [2.05, 4.69) is 18.7 Å². The summed E-state index contributed by atoms with van der Waals surface area (Å²) >= 11 is 5.97. The van der Waals surface area contributed by atoms with Crippen LogP contribution in [0.15, 0.2) is 18.2 Å². The van der Waals surface area contributed by atoms with E-state index in [-0.39, 0.29) is 6.61 Å². The molecule has 1 N–H and O–H groups in total. The van der Waals surface area contributed by atoms with E-state index >= 15 is 0 Å². The lowest BCUT2D eigenvalue weighted by molar-refractivity contribution is 0.282. The SMILES string of the molecule is CC(C)CN(c1ccc(Cl)cc1CO)C1CC1. The van der Waals surface area contributed by atoms with Gasteiger partial charge < -0.3 is 10.0 Å². The maximum Gasteiger partial charge on any atom is 0.0702 e. The fourth-order valence-electron chi connectivity index (χ4n) is 2.18. The Hall–Kier alpha value is -0.730. The van der Waals surface area contributed by atoms with Crippen LogP contribution in [0.25, 0.3) is 0 Å². The largest absolute Gasteiger partial charge is 0.392 e. The van der Waals surface area contributed by atoms with Crippen molar-refractivity contribution in [3.8, 4) is 0 Å². The van der Waals surface area contributed by atoms with Crippen molar-refractivity contribution in [2.75, 3.05) is 11.4 Å². The molecule has 2 rings (SSSR count). The van der Waals surface area contributed by atoms with Gasteiger partial charge in [-0.1, -0.05) is 25.4 Å². The molecule has 2 nitrogen and oxygen atoms in total. The quantitative estimate of drug-likeness (QED) is 0.869. The zero-order chi connectivity index (χ0) is 12.4. The van der Waals surface area contributed by atoms with Gasteiger partial charge in [0.25, 0.3) is 0 Å². The predicted octanol–water partition coefficient (Wildman–Crippen LogP) is 3.46. The standard InChI is InChI=1S/C14H20ClNO/c1-10(2)8-16(13-4-5-13)14-6-3-12(15)7-11(14)9-17/h3,6-7,10,13,17H,4-5,8-9H2,1-2H3. The predicted molar refractivity (Wildman–Crippen MR) is 72.6 cm³/mol. The lowest BCUT2D eigenvalue weighted by Crippen LogP contribution is -2.30. The van der Waals surface area contributed by atoms with Crippen molar-refractivity contribution in [3.05, 3.63) is 28.8 Å². The normalized spacial score (nSPS) is 15.4. The van der Waals surface area contributed by atoms with E-state index in [1.807, 2.05) is 18.2 Å². The molecule has 0 aromatic heterocycles. The molecular weight excluding hydrogens is 234 g/mol. The summed E-state index contributed by atoms with van der Waals surface area (Å²) in [6.07, 6.45) is 2.53. The van der Waals surface area contributed by atoms with Crippen LogP contribution in [0.2, 0.25) is 5.02 Å². The third kappa shape index (κ3) is 3.14. The molecule has 94 valence electrons. The monoisotopic (exact) mass is 253 g/mol. The highest BCUT2D eigenvalue weighted by Crippen LogP contribution is 2.35. The van der Waals surface area contributed by atoms with E-state index in [1.54, 1.807) is 0 Å². The Kier molecular flexibility index (Phi) is 3.95. The second-order valence-corrected chi connectivity index (χ2v) is 5.64. The lowest BCUT2D eigenvalue weighted by Gasteiger charge is -2.28. The molecule has 0 spiro atoms. The first-order valence-electron chi connectivity index (χ1n) is 6.27. The second-order valence-electron chi connectivity index (χ2n) is 5.21. The van der Waals surface area contributed by atoms with Gasteiger partial charge in [-0.15, -0.1) is 0 Å². The molecule has 1 saturated carbocycles. The molecule has 0 heterocycles. The van der Waals surface area contributed by atoms with Crippen LogP contribution in [0.1, 0.15) is 32.3 Å². The average Bonchev–Trinajstić information content (AvgIpc) is 3.09. The fourth-order valence-corrected chi connectivity index (χ4v) is 2.38. The van der Waals surface area contributed by atoms with Gasteiger partial charge in [-0.3, -0.25) is 0 Å². The molecule has 1 fully saturated rings. The van der Waals surface area contributed by atoms with Gasteiger partial charge in [0.15, 0.2) is 0 Å². The van der Waals surface area contributed by atoms with Crippen LogP contribution in [0.3, 0.4) is 0 Å². The minimum absolute atomic E-state index is 0.0528. The first-order chi connectivity index (χ1) is 8.11. The smallest absolute Gasteiger partial charge is 0.0702 e. The highest BCUT2D eigenvalue weighted by atomic mass is 35.5. The average molecular weight is 254 g/mol. The molecule has 0 amide bonds. The van der Waals surface area contributed by atoms with Crippen LogP contribution in [0.5, 0.6) is 0 Å². The fraction of sp³-hybridized carbons (Fsp3) is 0.571. The van der Waals surface area contributed by atoms with E-state index in [0.717, 1.165) is 17.8 Å². The Bertz CT molecular complexity index is 388. The minimum Gasteiger partial charge on any atom is -0.392 e. The van der Waals surface area contributed by atoms with E-state index in [4.69, 9.17) is 11.6 Å². The lowest BCUT2D eigenvalue weighted by atomic mass is 10.1. The van der Waals surface area contributed by atoms with E-state index < -0.39 is 0 Å². The van der Waals surface area contributed by atoms with Crippen molar-refractivity contribution in [1.29, 1.82) is 0 Å². The first-order valence-corrected chi connectivity index (χ1v) is 6.65. The van der Waals surface area contributed by atoms with Gasteiger partial charge in [-0.05, 0) is 37.0 Å². The number of aliphatic hydroxyl groups excluding tert-OH is 1. The first kappa shape index (κ1) is 12.7. The van der Waals surface area contributed by atoms with Crippen LogP contribution >= 0.6 is 11.6 Å². The summed E-state index contributed by atoms with van der Waals surface area (Å²) in [4.78, 5) is 2.42. The van der Waals surface area contributed by atoms with Crippen LogP contribution in [-0.4, -0.2) is 17.7 Å². The molecule has 1 aromatic carbocycles. The summed E-state index contributed by atoms with van der Waals surface area (Å²) in [5, 5.41) is 10.1. The van der Waals surface area contributed by atoms with Crippen LogP contribution in [0, 0.1) is 5.92 Å². The van der Waals surface area contributed by atoms with Crippen LogP contribution in [0.4, 0.5) is 5.69 Å². The Morgan fingerprint density at radius 1 is 1.41 bits per heavy atom. The second kappa shape index (κ2) is 5.28. The van der Waals surface area contributed by atoms with Crippen molar-refractivity contribution in [3.63, 3.8) is 0 Å². The molecule has 3 heteroatoms. The number of benzene rings is 1. The molecule has 0 saturated heterocycles. The molecule has 0 atom stereocenters. The number of nitrogens with zero attached hydrogens (tertiary/aromatic N) is 1. The topological polar surface area (TPSA) is 23.5 Å². The highest BCUT2D eigenvalue weighted by Gasteiger charge is 2.30. The number of aliphatic hydroxyl groups is 1. The van der Waals surface area contributed by atoms with Crippen LogP contribution < -0.4 is 4.90 Å². The van der Waals surface area contributed by atoms with Gasteiger partial charge in [0.1, 0.15) is 0 Å². The van der Waals surface area contributed by atoms with Crippen molar-refractivity contribution in [1.82, 2.24) is 0 Å². The number of hydrogen-bond acceptors (Lipinski definition) is 2. The van der Waals surface area contributed by atoms with Gasteiger partial charge in [-0.2, -0.15) is 0 Å². The Morgan fingerprint density at radius 3 is 2.65 bits per heavy atom. The van der Waals surface area contributed by atoms with E-state index in [9.17, 15) is 5.11 Å². The maximum absolute atomic E-state index is 9.44. The van der Waals surface area contributed by atoms with Crippen molar-refractivity contribution >= 4 is 17.3 Å². The van der Waals surface area contributed by atoms with Gasteiger partial charge in [0, 0.05) is 28.9 Å². The van der Waals surface area contributed by atoms with Gasteiger partial charge in [-0.25, -0.2) is 0 Å². The zero-order valence-electron chi connectivity index (χ0n) is 10.5. The molecule has 0 radical (unpaired) electrons. The Labute approximate surface area is 108 Å². The number of halogens is 1. The zero-order valence-corrected chi connectivity index (χ0v) is 11.2. The van der Waals surface area contributed by atoms with Crippen molar-refractivity contribution in [2.24, 2.45) is 5.92 Å². The molecule has 0 bridgehead atoms. The van der Waals surface area contributed by atoms with E-state index in [1.165, 1.54) is 12.8 Å². The number of rotatable bonds is 5. The Balaban J connectivity index is 2.28. The van der Waals surface area contributed by atoms with Crippen molar-refractivity contribution in [2.45, 2.75) is 39.3 Å². The molecule has 0 unspecified atom stereocenters. The molecule has 0 aliphatic heterocycles. The molecule has 1 aliphatic carbocycles. The number of anilines is 1. The highest BCUT2D eigenvalue weighted by molar-refractivity contribution is 6.30. The van der Waals surface area contributed by atoms with Gasteiger partial charge >= 0.3 is 0 Å². The Morgan fingerprint density at radius 2 is 2.12 bits per heavy atom. The summed E-state index contributed by atoms with van der Waals surface area (Å²) in [6, 6.07) is 6.47. The third-order valence-corrected chi connectivity index (χ3v) is 3.31. The van der Waals surface area contributed by atoms with Crippen molar-refractivity contribution < 1.29 is 5.11 Å². The maximum atomic E-state index is 9.44. The summed E-state index contributed by atoms with van der Waals surface area (Å²) in [5.74, 6) is 0.623. The summed E-state index contributed by atoms with van der Waals surface area (Å²) in [5.41, 5.74) is 2.08. The molecular formula is C14H20ClNO. The minimum atomic E-state index is 0.0528. The van der Waals surface area contributed by atoms with Crippen LogP contribution in [-0.2, 0) is 6.61 Å². The van der Waals surface area contributed by atoms with Gasteiger partial charge in [0.05, 0.1) is 6.61 Å². The third-order valence-electron chi connectivity index (χ3n) is 3.07.